The van der Waals surface area contributed by atoms with Gasteiger partial charge in [-0.3, -0.25) is 14.7 Å². The highest BCUT2D eigenvalue weighted by Gasteiger charge is 2.37. The van der Waals surface area contributed by atoms with Gasteiger partial charge in [-0.25, -0.2) is 0 Å². The van der Waals surface area contributed by atoms with E-state index in [1.807, 2.05) is 17.2 Å². The molecule has 0 radical (unpaired) electrons. The number of nitrogens with zero attached hydrogens (tertiary/aromatic N) is 3. The number of hydrogen-bond acceptors (Lipinski definition) is 5. The lowest BCUT2D eigenvalue weighted by Gasteiger charge is -2.24. The molecule has 0 bridgehead atoms. The minimum atomic E-state index is -0.530. The Morgan fingerprint density at radius 3 is 2.68 bits per heavy atom. The molecule has 3 rings (SSSR count). The van der Waals surface area contributed by atoms with Crippen LogP contribution in [0.5, 0.6) is 0 Å². The number of nitrogens with two attached hydrogens (primary N) is 1. The van der Waals surface area contributed by atoms with E-state index in [0.29, 0.717) is 12.8 Å². The Balaban J connectivity index is 0.00000156. The van der Waals surface area contributed by atoms with Crippen LogP contribution in [0.2, 0.25) is 0 Å². The highest BCUT2D eigenvalue weighted by Crippen LogP contribution is 2.27. The van der Waals surface area contributed by atoms with E-state index in [1.165, 1.54) is 5.56 Å². The first-order chi connectivity index (χ1) is 11.1. The molecule has 1 aliphatic heterocycles. The predicted octanol–water partition coefficient (Wildman–Crippen LogP) is 1.06. The molecule has 142 valence electrons. The molecule has 8 heteroatoms. The minimum absolute atomic E-state index is 0. The number of amides is 1. The highest BCUT2D eigenvalue weighted by molar-refractivity contribution is 5.85. The normalized spacial score (nSPS) is 27.1. The average molecular weight is 391 g/mol. The van der Waals surface area contributed by atoms with Crippen molar-refractivity contribution in [3.63, 3.8) is 0 Å². The van der Waals surface area contributed by atoms with Gasteiger partial charge in [0.05, 0.1) is 6.10 Å². The van der Waals surface area contributed by atoms with Crippen molar-refractivity contribution in [2.45, 2.75) is 38.0 Å². The summed E-state index contributed by atoms with van der Waals surface area (Å²) < 4.78 is 0. The maximum absolute atomic E-state index is 12.6. The van der Waals surface area contributed by atoms with E-state index in [4.69, 9.17) is 5.73 Å². The number of pyridine rings is 1. The molecule has 1 aliphatic carbocycles. The first-order valence-corrected chi connectivity index (χ1v) is 8.47. The van der Waals surface area contributed by atoms with Crippen molar-refractivity contribution in [1.29, 1.82) is 0 Å². The molecule has 0 spiro atoms. The SMILES string of the molecule is Cl.Cl.N[C@H]1C[C@H](C(=O)N2CCCN(Cc3cccnc3)CC2)C[C@@H]1O. The number of halogens is 2. The number of rotatable bonds is 3. The second-order valence-electron chi connectivity index (χ2n) is 6.72. The van der Waals surface area contributed by atoms with Crippen molar-refractivity contribution >= 4 is 30.7 Å². The van der Waals surface area contributed by atoms with E-state index in [-0.39, 0.29) is 42.7 Å². The Morgan fingerprint density at radius 2 is 2.04 bits per heavy atom. The van der Waals surface area contributed by atoms with Crippen molar-refractivity contribution in [3.8, 4) is 0 Å². The Bertz CT molecular complexity index is 525. The third-order valence-electron chi connectivity index (χ3n) is 4.96. The second-order valence-corrected chi connectivity index (χ2v) is 6.72. The molecule has 1 amide bonds. The Kier molecular flexibility index (Phi) is 9.10. The number of carbonyl (C=O) groups is 1. The largest absolute Gasteiger partial charge is 0.391 e. The molecule has 25 heavy (non-hydrogen) atoms. The lowest BCUT2D eigenvalue weighted by molar-refractivity contribution is -0.135. The maximum Gasteiger partial charge on any atom is 0.225 e. The monoisotopic (exact) mass is 390 g/mol. The van der Waals surface area contributed by atoms with E-state index >= 15 is 0 Å². The van der Waals surface area contributed by atoms with Gasteiger partial charge >= 0.3 is 0 Å². The first kappa shape index (κ1) is 22.1. The van der Waals surface area contributed by atoms with Gasteiger partial charge in [-0.2, -0.15) is 0 Å². The standard InChI is InChI=1S/C17H26N4O2.2ClH/c18-15-9-14(10-16(15)22)17(23)21-6-2-5-20(7-8-21)12-13-3-1-4-19-11-13;;/h1,3-4,11,14-16,22H,2,5-10,12,18H2;2*1H/t14-,15-,16-;;/m0../s1. The summed E-state index contributed by atoms with van der Waals surface area (Å²) in [5.41, 5.74) is 7.05. The van der Waals surface area contributed by atoms with E-state index in [0.717, 1.165) is 39.1 Å². The quantitative estimate of drug-likeness (QED) is 0.805. The van der Waals surface area contributed by atoms with Crippen LogP contribution in [-0.4, -0.2) is 64.1 Å². The summed E-state index contributed by atoms with van der Waals surface area (Å²) in [6, 6.07) is 3.79. The van der Waals surface area contributed by atoms with Crippen LogP contribution in [-0.2, 0) is 11.3 Å². The summed E-state index contributed by atoms with van der Waals surface area (Å²) in [6.07, 6.45) is 5.25. The highest BCUT2D eigenvalue weighted by atomic mass is 35.5. The number of aromatic nitrogens is 1. The van der Waals surface area contributed by atoms with Crippen molar-refractivity contribution < 1.29 is 9.90 Å². The molecule has 6 nitrogen and oxygen atoms in total. The summed E-state index contributed by atoms with van der Waals surface area (Å²) in [4.78, 5) is 21.1. The maximum atomic E-state index is 12.6. The molecule has 1 aromatic rings. The Morgan fingerprint density at radius 1 is 1.24 bits per heavy atom. The Labute approximate surface area is 161 Å². The second kappa shape index (κ2) is 10.3. The molecule has 0 aromatic carbocycles. The lowest BCUT2D eigenvalue weighted by atomic mass is 10.1. The summed E-state index contributed by atoms with van der Waals surface area (Å²) in [5.74, 6) is 0.0603. The van der Waals surface area contributed by atoms with Crippen LogP contribution in [0, 0.1) is 5.92 Å². The van der Waals surface area contributed by atoms with Crippen LogP contribution < -0.4 is 5.73 Å². The van der Waals surface area contributed by atoms with Crippen molar-refractivity contribution in [2.24, 2.45) is 11.7 Å². The van der Waals surface area contributed by atoms with E-state index in [9.17, 15) is 9.90 Å². The summed E-state index contributed by atoms with van der Waals surface area (Å²) in [5, 5.41) is 9.77. The molecule has 0 unspecified atom stereocenters. The molecular weight excluding hydrogens is 363 g/mol. The average Bonchev–Trinajstić information content (AvgIpc) is 2.76. The zero-order valence-electron chi connectivity index (χ0n) is 14.3. The summed E-state index contributed by atoms with van der Waals surface area (Å²) in [7, 11) is 0. The van der Waals surface area contributed by atoms with Gasteiger partial charge in [-0.05, 0) is 30.9 Å². The summed E-state index contributed by atoms with van der Waals surface area (Å²) >= 11 is 0. The molecule has 2 aliphatic rings. The lowest BCUT2D eigenvalue weighted by Crippen LogP contribution is -2.38. The van der Waals surface area contributed by atoms with Gasteiger partial charge in [0.15, 0.2) is 0 Å². The first-order valence-electron chi connectivity index (χ1n) is 8.47. The van der Waals surface area contributed by atoms with Crippen LogP contribution >= 0.6 is 24.8 Å². The molecule has 1 saturated heterocycles. The topological polar surface area (TPSA) is 82.7 Å². The zero-order chi connectivity index (χ0) is 16.2. The molecular formula is C17H28Cl2N4O2. The minimum Gasteiger partial charge on any atom is -0.391 e. The van der Waals surface area contributed by atoms with Gasteiger partial charge in [0, 0.05) is 57.1 Å². The number of hydrogen-bond donors (Lipinski definition) is 2. The van der Waals surface area contributed by atoms with Crippen LogP contribution in [0.1, 0.15) is 24.8 Å². The van der Waals surface area contributed by atoms with E-state index in [2.05, 4.69) is 16.0 Å². The molecule has 2 fully saturated rings. The van der Waals surface area contributed by atoms with Gasteiger partial charge in [0.1, 0.15) is 0 Å². The molecule has 2 heterocycles. The molecule has 1 saturated carbocycles. The summed E-state index contributed by atoms with van der Waals surface area (Å²) in [6.45, 7) is 4.29. The smallest absolute Gasteiger partial charge is 0.225 e. The van der Waals surface area contributed by atoms with Crippen LogP contribution in [0.15, 0.2) is 24.5 Å². The van der Waals surface area contributed by atoms with E-state index in [1.54, 1.807) is 6.20 Å². The predicted molar refractivity (Wildman–Crippen MR) is 102 cm³/mol. The number of carbonyl (C=O) groups excluding carboxylic acids is 1. The van der Waals surface area contributed by atoms with Gasteiger partial charge < -0.3 is 15.7 Å². The van der Waals surface area contributed by atoms with Crippen LogP contribution in [0.3, 0.4) is 0 Å². The molecule has 3 atom stereocenters. The van der Waals surface area contributed by atoms with Crippen molar-refractivity contribution in [2.75, 3.05) is 26.2 Å². The fraction of sp³-hybridized carbons (Fsp3) is 0.647. The fourth-order valence-electron chi connectivity index (χ4n) is 3.61. The van der Waals surface area contributed by atoms with Gasteiger partial charge in [-0.1, -0.05) is 6.07 Å². The Hall–Kier alpha value is -0.920. The third kappa shape index (κ3) is 5.79. The van der Waals surface area contributed by atoms with Crippen LogP contribution in [0.4, 0.5) is 0 Å². The fourth-order valence-corrected chi connectivity index (χ4v) is 3.61. The van der Waals surface area contributed by atoms with Gasteiger partial charge in [0.2, 0.25) is 5.91 Å². The number of aliphatic hydroxyl groups is 1. The van der Waals surface area contributed by atoms with Crippen LogP contribution in [0.25, 0.3) is 0 Å². The van der Waals surface area contributed by atoms with E-state index < -0.39 is 6.10 Å². The molecule has 3 N–H and O–H groups in total. The molecule has 1 aromatic heterocycles. The zero-order valence-corrected chi connectivity index (χ0v) is 15.9. The third-order valence-corrected chi connectivity index (χ3v) is 4.96. The number of aliphatic hydroxyl groups excluding tert-OH is 1. The van der Waals surface area contributed by atoms with Crippen molar-refractivity contribution in [1.82, 2.24) is 14.8 Å². The van der Waals surface area contributed by atoms with Gasteiger partial charge in [-0.15, -0.1) is 24.8 Å². The van der Waals surface area contributed by atoms with Gasteiger partial charge in [0.25, 0.3) is 0 Å². The van der Waals surface area contributed by atoms with Crippen molar-refractivity contribution in [3.05, 3.63) is 30.1 Å².